The summed E-state index contributed by atoms with van der Waals surface area (Å²) in [5.74, 6) is -7.00. The van der Waals surface area contributed by atoms with Crippen molar-refractivity contribution in [2.45, 2.75) is 50.2 Å². The minimum atomic E-state index is -1.60. The number of hydrogen-bond acceptors (Lipinski definition) is 8. The third kappa shape index (κ3) is 11.6. The first-order valence-corrected chi connectivity index (χ1v) is 8.97. The van der Waals surface area contributed by atoms with Crippen molar-refractivity contribution in [2.24, 2.45) is 11.5 Å². The standard InChI is InChI=1S/C16H27N5O9/c17-4-2-1-3-9(16(29)30)21-15(28)10(6-13(25)26)20-11(22)7-19-14(27)8(18)5-12(23)24/h8-10H,1-7,17-18H2,(H,19,27)(H,20,22)(H,21,28)(H,23,24)(H,25,26)(H,29,30). The molecule has 3 amide bonds. The summed E-state index contributed by atoms with van der Waals surface area (Å²) in [5, 5.41) is 33.0. The van der Waals surface area contributed by atoms with Gasteiger partial charge in [-0.15, -0.1) is 0 Å². The molecular weight excluding hydrogens is 406 g/mol. The van der Waals surface area contributed by atoms with Gasteiger partial charge in [-0.25, -0.2) is 4.79 Å². The van der Waals surface area contributed by atoms with Crippen LogP contribution in [0.1, 0.15) is 32.1 Å². The van der Waals surface area contributed by atoms with Crippen LogP contribution >= 0.6 is 0 Å². The van der Waals surface area contributed by atoms with E-state index in [1.54, 1.807) is 0 Å². The number of carboxylic acids is 3. The second-order valence-electron chi connectivity index (χ2n) is 6.32. The Hall–Kier alpha value is -3.26. The molecule has 0 aliphatic heterocycles. The number of hydrogen-bond donors (Lipinski definition) is 8. The Morgan fingerprint density at radius 2 is 1.40 bits per heavy atom. The topological polar surface area (TPSA) is 251 Å². The largest absolute Gasteiger partial charge is 0.481 e. The molecule has 0 aromatic rings. The minimum absolute atomic E-state index is 0.0591. The SMILES string of the molecule is NCCCCC(NC(=O)C(CC(=O)O)NC(=O)CNC(=O)C(N)CC(=O)O)C(=O)O. The van der Waals surface area contributed by atoms with E-state index < -0.39 is 73.1 Å². The molecule has 0 radical (unpaired) electrons. The Labute approximate surface area is 171 Å². The third-order valence-corrected chi connectivity index (χ3v) is 3.75. The average Bonchev–Trinajstić information content (AvgIpc) is 2.63. The normalized spacial score (nSPS) is 13.4. The minimum Gasteiger partial charge on any atom is -0.481 e. The molecule has 0 aliphatic carbocycles. The number of carbonyl (C=O) groups excluding carboxylic acids is 3. The van der Waals surface area contributed by atoms with Crippen LogP contribution in [0.2, 0.25) is 0 Å². The van der Waals surface area contributed by atoms with Gasteiger partial charge < -0.3 is 42.7 Å². The highest BCUT2D eigenvalue weighted by molar-refractivity contribution is 5.94. The van der Waals surface area contributed by atoms with Crippen molar-refractivity contribution in [3.05, 3.63) is 0 Å². The lowest BCUT2D eigenvalue weighted by Gasteiger charge is -2.20. The molecule has 10 N–H and O–H groups in total. The van der Waals surface area contributed by atoms with Crippen molar-refractivity contribution in [3.8, 4) is 0 Å². The van der Waals surface area contributed by atoms with Gasteiger partial charge in [-0.05, 0) is 25.8 Å². The van der Waals surface area contributed by atoms with Gasteiger partial charge in [0, 0.05) is 0 Å². The maximum absolute atomic E-state index is 12.3. The zero-order valence-electron chi connectivity index (χ0n) is 16.1. The van der Waals surface area contributed by atoms with Crippen LogP contribution < -0.4 is 27.4 Å². The fraction of sp³-hybridized carbons (Fsp3) is 0.625. The van der Waals surface area contributed by atoms with E-state index >= 15 is 0 Å². The smallest absolute Gasteiger partial charge is 0.326 e. The Morgan fingerprint density at radius 1 is 0.800 bits per heavy atom. The highest BCUT2D eigenvalue weighted by Crippen LogP contribution is 2.03. The Bertz CT molecular complexity index is 655. The summed E-state index contributed by atoms with van der Waals surface area (Å²) in [6, 6.07) is -4.31. The van der Waals surface area contributed by atoms with Gasteiger partial charge in [0.1, 0.15) is 12.1 Å². The van der Waals surface area contributed by atoms with E-state index in [2.05, 4.69) is 16.0 Å². The van der Waals surface area contributed by atoms with Crippen LogP contribution in [0.25, 0.3) is 0 Å². The monoisotopic (exact) mass is 433 g/mol. The van der Waals surface area contributed by atoms with Crippen LogP contribution in [0.4, 0.5) is 0 Å². The van der Waals surface area contributed by atoms with E-state index in [9.17, 15) is 33.9 Å². The predicted molar refractivity (Wildman–Crippen MR) is 99.9 cm³/mol. The summed E-state index contributed by atoms with van der Waals surface area (Å²) in [7, 11) is 0. The van der Waals surface area contributed by atoms with Crippen molar-refractivity contribution in [1.29, 1.82) is 0 Å². The first-order chi connectivity index (χ1) is 14.0. The van der Waals surface area contributed by atoms with Crippen LogP contribution in [-0.2, 0) is 28.8 Å². The number of nitrogens with one attached hydrogen (secondary N) is 3. The molecule has 0 saturated carbocycles. The number of carbonyl (C=O) groups is 6. The molecule has 3 atom stereocenters. The molecule has 14 heteroatoms. The molecule has 170 valence electrons. The van der Waals surface area contributed by atoms with Crippen molar-refractivity contribution < 1.29 is 44.1 Å². The summed E-state index contributed by atoms with van der Waals surface area (Å²) in [4.78, 5) is 68.6. The predicted octanol–water partition coefficient (Wildman–Crippen LogP) is -3.44. The van der Waals surface area contributed by atoms with Crippen LogP contribution in [0, 0.1) is 0 Å². The number of amides is 3. The van der Waals surface area contributed by atoms with E-state index in [4.69, 9.17) is 21.7 Å². The maximum atomic E-state index is 12.3. The van der Waals surface area contributed by atoms with Crippen molar-refractivity contribution in [3.63, 3.8) is 0 Å². The second kappa shape index (κ2) is 13.8. The van der Waals surface area contributed by atoms with E-state index in [0.29, 0.717) is 19.4 Å². The summed E-state index contributed by atoms with van der Waals surface area (Å²) in [6.07, 6.45) is -0.508. The van der Waals surface area contributed by atoms with Crippen LogP contribution in [0.5, 0.6) is 0 Å². The Morgan fingerprint density at radius 3 is 1.90 bits per heavy atom. The molecule has 0 aromatic heterocycles. The third-order valence-electron chi connectivity index (χ3n) is 3.75. The van der Waals surface area contributed by atoms with Gasteiger partial charge in [-0.1, -0.05) is 0 Å². The molecule has 0 saturated heterocycles. The Balaban J connectivity index is 4.88. The van der Waals surface area contributed by atoms with Crippen LogP contribution in [0.3, 0.4) is 0 Å². The molecule has 14 nitrogen and oxygen atoms in total. The number of carboxylic acid groups (broad SMARTS) is 3. The lowest BCUT2D eigenvalue weighted by Crippen LogP contribution is -2.54. The van der Waals surface area contributed by atoms with Gasteiger partial charge in [0.15, 0.2) is 0 Å². The van der Waals surface area contributed by atoms with E-state index in [1.807, 2.05) is 0 Å². The zero-order valence-corrected chi connectivity index (χ0v) is 16.1. The molecule has 0 rings (SSSR count). The average molecular weight is 433 g/mol. The first kappa shape index (κ1) is 26.7. The number of aliphatic carboxylic acids is 3. The molecule has 30 heavy (non-hydrogen) atoms. The highest BCUT2D eigenvalue weighted by Gasteiger charge is 2.28. The van der Waals surface area contributed by atoms with Crippen LogP contribution in [-0.4, -0.2) is 82.2 Å². The molecule has 3 unspecified atom stereocenters. The molecule has 0 spiro atoms. The zero-order chi connectivity index (χ0) is 23.3. The summed E-state index contributed by atoms with van der Waals surface area (Å²) < 4.78 is 0. The molecule has 0 bridgehead atoms. The summed E-state index contributed by atoms with van der Waals surface area (Å²) in [6.45, 7) is -0.367. The fourth-order valence-corrected chi connectivity index (χ4v) is 2.23. The molecule has 0 aliphatic rings. The summed E-state index contributed by atoms with van der Waals surface area (Å²) >= 11 is 0. The molecule has 0 heterocycles. The number of unbranched alkanes of at least 4 members (excludes halogenated alkanes) is 1. The quantitative estimate of drug-likeness (QED) is 0.118. The van der Waals surface area contributed by atoms with Crippen molar-refractivity contribution >= 4 is 35.6 Å². The number of nitrogens with two attached hydrogens (primary N) is 2. The highest BCUT2D eigenvalue weighted by atomic mass is 16.4. The van der Waals surface area contributed by atoms with Gasteiger partial charge in [0.05, 0.1) is 25.4 Å². The van der Waals surface area contributed by atoms with Gasteiger partial charge in [0.25, 0.3) is 0 Å². The first-order valence-electron chi connectivity index (χ1n) is 8.97. The summed E-state index contributed by atoms with van der Waals surface area (Å²) in [5.41, 5.74) is 10.7. The second-order valence-corrected chi connectivity index (χ2v) is 6.32. The Kier molecular flexibility index (Phi) is 12.3. The lowest BCUT2D eigenvalue weighted by molar-refractivity contribution is -0.143. The van der Waals surface area contributed by atoms with Gasteiger partial charge in [-0.3, -0.25) is 24.0 Å². The molecular formula is C16H27N5O9. The van der Waals surface area contributed by atoms with Crippen LogP contribution in [0.15, 0.2) is 0 Å². The van der Waals surface area contributed by atoms with Crippen molar-refractivity contribution in [2.75, 3.05) is 13.1 Å². The van der Waals surface area contributed by atoms with E-state index in [0.717, 1.165) is 0 Å². The van der Waals surface area contributed by atoms with Crippen molar-refractivity contribution in [1.82, 2.24) is 16.0 Å². The molecule has 0 aromatic carbocycles. The fourth-order valence-electron chi connectivity index (χ4n) is 2.23. The van der Waals surface area contributed by atoms with E-state index in [1.165, 1.54) is 0 Å². The van der Waals surface area contributed by atoms with Gasteiger partial charge in [-0.2, -0.15) is 0 Å². The number of rotatable bonds is 15. The van der Waals surface area contributed by atoms with Gasteiger partial charge in [0.2, 0.25) is 17.7 Å². The maximum Gasteiger partial charge on any atom is 0.326 e. The van der Waals surface area contributed by atoms with Gasteiger partial charge >= 0.3 is 17.9 Å². The lowest BCUT2D eigenvalue weighted by atomic mass is 10.1. The van der Waals surface area contributed by atoms with E-state index in [-0.39, 0.29) is 6.42 Å². The molecule has 0 fully saturated rings.